The van der Waals surface area contributed by atoms with Crippen LogP contribution in [0.2, 0.25) is 0 Å². The lowest BCUT2D eigenvalue weighted by molar-refractivity contribution is -0.729. The van der Waals surface area contributed by atoms with Gasteiger partial charge in [-0.3, -0.25) is 9.59 Å². The van der Waals surface area contributed by atoms with Gasteiger partial charge in [-0.1, -0.05) is 18.2 Å². The number of esters is 1. The third-order valence-electron chi connectivity index (χ3n) is 1.91. The quantitative estimate of drug-likeness (QED) is 0.330. The second-order valence-corrected chi connectivity index (χ2v) is 3.33. The van der Waals surface area contributed by atoms with Gasteiger partial charge in [-0.2, -0.15) is 0 Å². The Morgan fingerprint density at radius 1 is 1.11 bits per heavy atom. The molecule has 0 saturated carbocycles. The van der Waals surface area contributed by atoms with Gasteiger partial charge in [0, 0.05) is 12.8 Å². The fraction of sp³-hybridized carbons (Fsp3) is 0.273. The molecule has 0 fully saturated rings. The average Bonchev–Trinajstić information content (AvgIpc) is 2.29. The number of hydrogen-bond donors (Lipinski definition) is 0. The first kappa shape index (κ1) is 13.6. The summed E-state index contributed by atoms with van der Waals surface area (Å²) in [4.78, 5) is 35.6. The van der Waals surface area contributed by atoms with E-state index in [2.05, 4.69) is 4.84 Å². The molecule has 0 atom stereocenters. The molecule has 1 aromatic carbocycles. The van der Waals surface area contributed by atoms with Gasteiger partial charge in [0.05, 0.1) is 0 Å². The highest BCUT2D eigenvalue weighted by Gasteiger charge is 2.10. The smallest absolute Gasteiger partial charge is 0.311 e. The Balaban J connectivity index is 2.22. The molecule has 0 aliphatic rings. The van der Waals surface area contributed by atoms with Crippen LogP contribution < -0.4 is 4.74 Å². The maximum atomic E-state index is 11.3. The van der Waals surface area contributed by atoms with Gasteiger partial charge in [-0.25, -0.2) is 4.84 Å². The predicted molar refractivity (Wildman–Crippen MR) is 59.0 cm³/mol. The molecule has 0 radical (unpaired) electrons. The van der Waals surface area contributed by atoms with Crippen molar-refractivity contribution in [3.8, 4) is 5.75 Å². The van der Waals surface area contributed by atoms with E-state index in [1.54, 1.807) is 30.3 Å². The summed E-state index contributed by atoms with van der Waals surface area (Å²) in [5, 5.41) is 8.64. The van der Waals surface area contributed by atoms with Gasteiger partial charge in [0.25, 0.3) is 0 Å². The third-order valence-corrected chi connectivity index (χ3v) is 1.91. The lowest BCUT2D eigenvalue weighted by atomic mass is 10.2. The van der Waals surface area contributed by atoms with Crippen molar-refractivity contribution < 1.29 is 24.3 Å². The maximum absolute atomic E-state index is 11.3. The Morgan fingerprint density at radius 2 is 1.72 bits per heavy atom. The van der Waals surface area contributed by atoms with Crippen molar-refractivity contribution >= 4 is 11.9 Å². The van der Waals surface area contributed by atoms with Gasteiger partial charge >= 0.3 is 17.0 Å². The molecular weight excluding hydrogens is 242 g/mol. The average molecular weight is 253 g/mol. The normalized spacial score (nSPS) is 9.56. The number of para-hydroxylation sites is 1. The zero-order chi connectivity index (χ0) is 13.4. The number of ether oxygens (including phenoxy) is 1. The number of carbonyl (C=O) groups excluding carboxylic acids is 2. The molecule has 0 aliphatic carbocycles. The fourth-order valence-corrected chi connectivity index (χ4v) is 1.18. The summed E-state index contributed by atoms with van der Waals surface area (Å²) in [5.41, 5.74) is 0. The van der Waals surface area contributed by atoms with Crippen molar-refractivity contribution in [3.63, 3.8) is 0 Å². The van der Waals surface area contributed by atoms with Gasteiger partial charge in [-0.15, -0.1) is 10.1 Å². The minimum atomic E-state index is -1.18. The molecule has 18 heavy (non-hydrogen) atoms. The SMILES string of the molecule is O=C(CCCC(=O)O[N+](=O)[O-])Oc1ccccc1. The Morgan fingerprint density at radius 3 is 2.33 bits per heavy atom. The lowest BCUT2D eigenvalue weighted by Crippen LogP contribution is -2.12. The number of benzene rings is 1. The highest BCUT2D eigenvalue weighted by molar-refractivity contribution is 5.74. The molecule has 7 heteroatoms. The number of rotatable bonds is 6. The molecule has 0 aromatic heterocycles. The summed E-state index contributed by atoms with van der Waals surface area (Å²) < 4.78 is 4.95. The Hall–Kier alpha value is -2.44. The number of carbonyl (C=O) groups is 2. The standard InChI is InChI=1S/C11H11NO6/c13-10(17-9-5-2-1-3-6-9)7-4-8-11(14)18-12(15)16/h1-3,5-6H,4,7-8H2. The minimum absolute atomic E-state index is 0.0122. The zero-order valence-electron chi connectivity index (χ0n) is 9.40. The summed E-state index contributed by atoms with van der Waals surface area (Å²) in [6.45, 7) is 0. The second-order valence-electron chi connectivity index (χ2n) is 3.33. The molecule has 0 N–H and O–H groups in total. The fourth-order valence-electron chi connectivity index (χ4n) is 1.18. The van der Waals surface area contributed by atoms with Crippen molar-refractivity contribution in [3.05, 3.63) is 40.4 Å². The molecule has 96 valence electrons. The number of hydrogen-bond acceptors (Lipinski definition) is 6. The molecule has 1 rings (SSSR count). The Bertz CT molecular complexity index is 430. The Labute approximate surface area is 102 Å². The van der Waals surface area contributed by atoms with E-state index in [0.29, 0.717) is 5.75 Å². The lowest BCUT2D eigenvalue weighted by Gasteiger charge is -2.03. The van der Waals surface area contributed by atoms with Gasteiger partial charge in [0.1, 0.15) is 5.75 Å². The first-order valence-corrected chi connectivity index (χ1v) is 5.19. The number of nitrogens with zero attached hydrogens (tertiary/aromatic N) is 1. The predicted octanol–water partition coefficient (Wildman–Crippen LogP) is 1.50. The van der Waals surface area contributed by atoms with Crippen LogP contribution in [0.5, 0.6) is 5.75 Å². The van der Waals surface area contributed by atoms with Crippen LogP contribution in [0, 0.1) is 10.1 Å². The van der Waals surface area contributed by atoms with E-state index in [1.165, 1.54) is 0 Å². The van der Waals surface area contributed by atoms with Crippen LogP contribution in [0.4, 0.5) is 0 Å². The van der Waals surface area contributed by atoms with Crippen molar-refractivity contribution in [1.82, 2.24) is 0 Å². The molecular formula is C11H11NO6. The van der Waals surface area contributed by atoms with Gasteiger partial charge < -0.3 is 4.74 Å². The molecule has 0 saturated heterocycles. The summed E-state index contributed by atoms with van der Waals surface area (Å²) in [7, 11) is 0. The van der Waals surface area contributed by atoms with Crippen molar-refractivity contribution in [1.29, 1.82) is 0 Å². The van der Waals surface area contributed by atoms with Gasteiger partial charge in [0.15, 0.2) is 0 Å². The first-order valence-electron chi connectivity index (χ1n) is 5.19. The molecule has 0 spiro atoms. The van der Waals surface area contributed by atoms with Crippen LogP contribution >= 0.6 is 0 Å². The van der Waals surface area contributed by atoms with Crippen molar-refractivity contribution in [2.45, 2.75) is 19.3 Å². The monoisotopic (exact) mass is 253 g/mol. The molecule has 0 aliphatic heterocycles. The van der Waals surface area contributed by atoms with E-state index < -0.39 is 17.0 Å². The van der Waals surface area contributed by atoms with Crippen LogP contribution in [-0.2, 0) is 14.4 Å². The Kier molecular flexibility index (Phi) is 5.30. The van der Waals surface area contributed by atoms with Crippen LogP contribution in [0.1, 0.15) is 19.3 Å². The van der Waals surface area contributed by atoms with Crippen LogP contribution in [0.15, 0.2) is 30.3 Å². The summed E-state index contributed by atoms with van der Waals surface area (Å²) in [6, 6.07) is 8.47. The van der Waals surface area contributed by atoms with Crippen molar-refractivity contribution in [2.75, 3.05) is 0 Å². The summed E-state index contributed by atoms with van der Waals surface area (Å²) >= 11 is 0. The van der Waals surface area contributed by atoms with Crippen LogP contribution in [0.25, 0.3) is 0 Å². The molecule has 1 aromatic rings. The second kappa shape index (κ2) is 7.00. The van der Waals surface area contributed by atoms with E-state index >= 15 is 0 Å². The summed E-state index contributed by atoms with van der Waals surface area (Å²) in [5.74, 6) is -1.07. The van der Waals surface area contributed by atoms with E-state index in [9.17, 15) is 19.7 Å². The third kappa shape index (κ3) is 5.59. The molecule has 0 bridgehead atoms. The summed E-state index contributed by atoms with van der Waals surface area (Å²) in [6.07, 6.45) is -0.0785. The van der Waals surface area contributed by atoms with E-state index in [4.69, 9.17) is 4.74 Å². The maximum Gasteiger partial charge on any atom is 0.311 e. The van der Waals surface area contributed by atoms with Crippen molar-refractivity contribution in [2.24, 2.45) is 0 Å². The van der Waals surface area contributed by atoms with E-state index in [-0.39, 0.29) is 19.3 Å². The highest BCUT2D eigenvalue weighted by Crippen LogP contribution is 2.10. The minimum Gasteiger partial charge on any atom is -0.427 e. The van der Waals surface area contributed by atoms with Crippen LogP contribution in [-0.4, -0.2) is 17.0 Å². The topological polar surface area (TPSA) is 95.7 Å². The molecule has 0 heterocycles. The molecule has 0 amide bonds. The largest absolute Gasteiger partial charge is 0.427 e. The molecule has 0 unspecified atom stereocenters. The molecule has 7 nitrogen and oxygen atoms in total. The van der Waals surface area contributed by atoms with Gasteiger partial charge in [0.2, 0.25) is 0 Å². The van der Waals surface area contributed by atoms with E-state index in [1.807, 2.05) is 0 Å². The first-order chi connectivity index (χ1) is 8.58. The highest BCUT2D eigenvalue weighted by atomic mass is 17.0. The van der Waals surface area contributed by atoms with Gasteiger partial charge in [-0.05, 0) is 18.6 Å². The van der Waals surface area contributed by atoms with Crippen LogP contribution in [0.3, 0.4) is 0 Å². The van der Waals surface area contributed by atoms with E-state index in [0.717, 1.165) is 0 Å². The zero-order valence-corrected chi connectivity index (χ0v) is 9.40.